The largest absolute Gasteiger partial charge is 0.508 e. The van der Waals surface area contributed by atoms with Crippen LogP contribution in [0.1, 0.15) is 21.6 Å². The Balaban J connectivity index is 1.45. The third kappa shape index (κ3) is 5.43. The molecule has 1 aliphatic heterocycles. The number of ether oxygens (including phenoxy) is 2. The minimum Gasteiger partial charge on any atom is -0.508 e. The van der Waals surface area contributed by atoms with Gasteiger partial charge in [-0.2, -0.15) is 0 Å². The maximum Gasteiger partial charge on any atom is 0.410 e. The molecule has 8 heteroatoms. The first kappa shape index (κ1) is 19.6. The van der Waals surface area contributed by atoms with Crippen LogP contribution in [0, 0.1) is 6.92 Å². The van der Waals surface area contributed by atoms with Crippen molar-refractivity contribution in [3.63, 3.8) is 0 Å². The van der Waals surface area contributed by atoms with E-state index in [2.05, 4.69) is 10.3 Å². The van der Waals surface area contributed by atoms with Crippen molar-refractivity contribution in [2.24, 2.45) is 0 Å². The Hall–Kier alpha value is -3.13. The van der Waals surface area contributed by atoms with Crippen LogP contribution < -0.4 is 5.32 Å². The van der Waals surface area contributed by atoms with Crippen LogP contribution in [-0.2, 0) is 16.1 Å². The predicted octanol–water partition coefficient (Wildman–Crippen LogP) is 1.86. The van der Waals surface area contributed by atoms with Gasteiger partial charge in [-0.25, -0.2) is 4.79 Å². The molecule has 0 radical (unpaired) electrons. The lowest BCUT2D eigenvalue weighted by molar-refractivity contribution is -0.0264. The van der Waals surface area contributed by atoms with Crippen molar-refractivity contribution in [2.75, 3.05) is 26.2 Å². The first-order valence-electron chi connectivity index (χ1n) is 9.03. The van der Waals surface area contributed by atoms with Gasteiger partial charge in [-0.05, 0) is 37.3 Å². The lowest BCUT2D eigenvalue weighted by Crippen LogP contribution is -2.49. The molecular weight excluding hydrogens is 362 g/mol. The van der Waals surface area contributed by atoms with Gasteiger partial charge < -0.3 is 24.8 Å². The molecule has 2 N–H and O–H groups in total. The average Bonchev–Trinajstić information content (AvgIpc) is 2.72. The van der Waals surface area contributed by atoms with E-state index in [-0.39, 0.29) is 30.9 Å². The first-order chi connectivity index (χ1) is 13.5. The van der Waals surface area contributed by atoms with Gasteiger partial charge in [0.25, 0.3) is 5.91 Å². The molecule has 1 aromatic carbocycles. The number of hydrogen-bond acceptors (Lipinski definition) is 6. The number of amides is 2. The van der Waals surface area contributed by atoms with Gasteiger partial charge in [0, 0.05) is 36.1 Å². The number of phenols is 1. The highest BCUT2D eigenvalue weighted by molar-refractivity contribution is 5.94. The molecule has 0 aliphatic carbocycles. The van der Waals surface area contributed by atoms with Crippen molar-refractivity contribution in [2.45, 2.75) is 19.6 Å². The summed E-state index contributed by atoms with van der Waals surface area (Å²) in [6.45, 7) is 3.47. The molecule has 0 bridgehead atoms. The number of carbonyl (C=O) groups is 2. The summed E-state index contributed by atoms with van der Waals surface area (Å²) in [4.78, 5) is 30.2. The Labute approximate surface area is 163 Å². The van der Waals surface area contributed by atoms with Crippen LogP contribution in [0.4, 0.5) is 4.79 Å². The second kappa shape index (κ2) is 9.18. The van der Waals surface area contributed by atoms with E-state index < -0.39 is 6.09 Å². The summed E-state index contributed by atoms with van der Waals surface area (Å²) >= 11 is 0. The Kier molecular flexibility index (Phi) is 6.44. The molecule has 28 heavy (non-hydrogen) atoms. The number of pyridine rings is 1. The molecule has 1 atom stereocenters. The number of aryl methyl sites for hydroxylation is 1. The van der Waals surface area contributed by atoms with Crippen LogP contribution in [0.3, 0.4) is 0 Å². The van der Waals surface area contributed by atoms with Crippen molar-refractivity contribution in [1.82, 2.24) is 15.2 Å². The Morgan fingerprint density at radius 1 is 1.29 bits per heavy atom. The summed E-state index contributed by atoms with van der Waals surface area (Å²) in [7, 11) is 0. The molecule has 1 aliphatic rings. The van der Waals surface area contributed by atoms with Crippen LogP contribution in [-0.4, -0.2) is 59.3 Å². The fourth-order valence-corrected chi connectivity index (χ4v) is 2.75. The zero-order chi connectivity index (χ0) is 19.9. The summed E-state index contributed by atoms with van der Waals surface area (Å²) in [5.41, 5.74) is 2.17. The second-order valence-corrected chi connectivity index (χ2v) is 6.56. The number of phenolic OH excluding ortho intramolecular Hbond substituents is 1. The molecule has 1 fully saturated rings. The highest BCUT2D eigenvalue weighted by Crippen LogP contribution is 2.11. The smallest absolute Gasteiger partial charge is 0.410 e. The Morgan fingerprint density at radius 2 is 2.07 bits per heavy atom. The van der Waals surface area contributed by atoms with E-state index in [9.17, 15) is 14.7 Å². The number of morpholine rings is 1. The number of nitrogens with zero attached hydrogens (tertiary/aromatic N) is 2. The lowest BCUT2D eigenvalue weighted by Gasteiger charge is -2.32. The maximum atomic E-state index is 12.3. The molecule has 1 aromatic heterocycles. The average molecular weight is 385 g/mol. The number of benzene rings is 1. The predicted molar refractivity (Wildman–Crippen MR) is 101 cm³/mol. The topological polar surface area (TPSA) is 101 Å². The van der Waals surface area contributed by atoms with Crippen molar-refractivity contribution in [3.8, 4) is 5.75 Å². The van der Waals surface area contributed by atoms with Crippen LogP contribution in [0.15, 0.2) is 42.6 Å². The molecule has 0 saturated carbocycles. The van der Waals surface area contributed by atoms with E-state index >= 15 is 0 Å². The molecule has 1 saturated heterocycles. The van der Waals surface area contributed by atoms with Gasteiger partial charge >= 0.3 is 6.09 Å². The monoisotopic (exact) mass is 385 g/mol. The minimum atomic E-state index is -0.418. The SMILES string of the molecule is Cc1ccc(COC(=O)N2CCOC(CNC(=O)c3ccc(O)cc3)C2)cn1. The second-order valence-electron chi connectivity index (χ2n) is 6.56. The van der Waals surface area contributed by atoms with Crippen LogP contribution in [0.5, 0.6) is 5.75 Å². The summed E-state index contributed by atoms with van der Waals surface area (Å²) in [5.74, 6) is -0.169. The fraction of sp³-hybridized carbons (Fsp3) is 0.350. The van der Waals surface area contributed by atoms with Crippen LogP contribution in [0.2, 0.25) is 0 Å². The highest BCUT2D eigenvalue weighted by atomic mass is 16.6. The van der Waals surface area contributed by atoms with E-state index in [1.165, 1.54) is 24.3 Å². The van der Waals surface area contributed by atoms with Gasteiger partial charge in [-0.15, -0.1) is 0 Å². The highest BCUT2D eigenvalue weighted by Gasteiger charge is 2.25. The standard InChI is InChI=1S/C20H23N3O5/c1-14-2-3-15(10-21-14)13-28-20(26)23-8-9-27-18(12-23)11-22-19(25)16-4-6-17(24)7-5-16/h2-7,10,18,24H,8-9,11-13H2,1H3,(H,22,25). The van der Waals surface area contributed by atoms with Gasteiger partial charge in [0.15, 0.2) is 0 Å². The van der Waals surface area contributed by atoms with E-state index in [0.29, 0.717) is 25.3 Å². The third-order valence-electron chi connectivity index (χ3n) is 4.35. The minimum absolute atomic E-state index is 0.0998. The Bertz CT molecular complexity index is 808. The van der Waals surface area contributed by atoms with E-state index in [1.54, 1.807) is 11.1 Å². The van der Waals surface area contributed by atoms with Gasteiger partial charge in [-0.1, -0.05) is 6.07 Å². The van der Waals surface area contributed by atoms with Crippen LogP contribution >= 0.6 is 0 Å². The molecular formula is C20H23N3O5. The maximum absolute atomic E-state index is 12.3. The van der Waals surface area contributed by atoms with Crippen molar-refractivity contribution >= 4 is 12.0 Å². The molecule has 8 nitrogen and oxygen atoms in total. The third-order valence-corrected chi connectivity index (χ3v) is 4.35. The molecule has 2 heterocycles. The molecule has 2 amide bonds. The quantitative estimate of drug-likeness (QED) is 0.815. The number of aromatic nitrogens is 1. The van der Waals surface area contributed by atoms with Crippen LogP contribution in [0.25, 0.3) is 0 Å². The normalized spacial score (nSPS) is 16.5. The van der Waals surface area contributed by atoms with Gasteiger partial charge in [0.1, 0.15) is 12.4 Å². The number of nitrogens with one attached hydrogen (secondary N) is 1. The van der Waals surface area contributed by atoms with E-state index in [0.717, 1.165) is 11.3 Å². The number of aromatic hydroxyl groups is 1. The van der Waals surface area contributed by atoms with Crippen molar-refractivity contribution < 1.29 is 24.2 Å². The fourth-order valence-electron chi connectivity index (χ4n) is 2.75. The number of carbonyl (C=O) groups excluding carboxylic acids is 2. The molecule has 1 unspecified atom stereocenters. The summed E-state index contributed by atoms with van der Waals surface area (Å²) in [5, 5.41) is 12.1. The van der Waals surface area contributed by atoms with Gasteiger partial charge in [0.05, 0.1) is 19.3 Å². The van der Waals surface area contributed by atoms with E-state index in [4.69, 9.17) is 9.47 Å². The molecule has 2 aromatic rings. The molecule has 3 rings (SSSR count). The van der Waals surface area contributed by atoms with Gasteiger partial charge in [0.2, 0.25) is 0 Å². The molecule has 0 spiro atoms. The summed E-state index contributed by atoms with van der Waals surface area (Å²) < 4.78 is 11.0. The number of rotatable bonds is 5. The zero-order valence-electron chi connectivity index (χ0n) is 15.6. The first-order valence-corrected chi connectivity index (χ1v) is 9.03. The lowest BCUT2D eigenvalue weighted by atomic mass is 10.2. The summed E-state index contributed by atoms with van der Waals surface area (Å²) in [6, 6.07) is 9.72. The Morgan fingerprint density at radius 3 is 2.79 bits per heavy atom. The summed E-state index contributed by atoms with van der Waals surface area (Å²) in [6.07, 6.45) is 0.950. The van der Waals surface area contributed by atoms with Crippen molar-refractivity contribution in [1.29, 1.82) is 0 Å². The van der Waals surface area contributed by atoms with Crippen molar-refractivity contribution in [3.05, 3.63) is 59.4 Å². The van der Waals surface area contributed by atoms with E-state index in [1.807, 2.05) is 19.1 Å². The molecule has 148 valence electrons. The van der Waals surface area contributed by atoms with Gasteiger partial charge in [-0.3, -0.25) is 9.78 Å². The zero-order valence-corrected chi connectivity index (χ0v) is 15.6. The number of hydrogen-bond donors (Lipinski definition) is 2.